The Kier molecular flexibility index (Phi) is 3.20. The fourth-order valence-corrected chi connectivity index (χ4v) is 2.29. The molecule has 0 spiro atoms. The Bertz CT molecular complexity index is 454. The summed E-state index contributed by atoms with van der Waals surface area (Å²) in [6.45, 7) is 0.479. The lowest BCUT2D eigenvalue weighted by Crippen LogP contribution is -2.27. The van der Waals surface area contributed by atoms with Crippen LogP contribution in [0, 0.1) is 0 Å². The van der Waals surface area contributed by atoms with Crippen molar-refractivity contribution in [1.29, 1.82) is 0 Å². The van der Waals surface area contributed by atoms with Gasteiger partial charge in [-0.15, -0.1) is 0 Å². The van der Waals surface area contributed by atoms with E-state index in [0.717, 1.165) is 0 Å². The highest BCUT2D eigenvalue weighted by Gasteiger charge is 2.31. The Balaban J connectivity index is 2.44. The first-order chi connectivity index (χ1) is 7.63. The molecule has 1 amide bonds. The zero-order chi connectivity index (χ0) is 11.7. The van der Waals surface area contributed by atoms with Crippen LogP contribution >= 0.6 is 27.5 Å². The first-order valence-electron chi connectivity index (χ1n) is 4.53. The second kappa shape index (κ2) is 4.47. The van der Waals surface area contributed by atoms with Crippen molar-refractivity contribution in [2.24, 2.45) is 0 Å². The molecule has 1 unspecified atom stereocenters. The van der Waals surface area contributed by atoms with Crippen LogP contribution in [0.15, 0.2) is 6.33 Å². The highest BCUT2D eigenvalue weighted by molar-refractivity contribution is 9.09. The average Bonchev–Trinajstić information content (AvgIpc) is 2.57. The average molecular weight is 305 g/mol. The highest BCUT2D eigenvalue weighted by Crippen LogP contribution is 2.27. The molecule has 2 heterocycles. The van der Waals surface area contributed by atoms with E-state index < -0.39 is 0 Å². The molecule has 1 aromatic rings. The standard InChI is InChI=1S/C9H7BrClN3O2/c10-5-1-7(16)14(2-5)9-6(3-15)8(11)12-4-13-9/h3-5H,1-2H2. The van der Waals surface area contributed by atoms with Crippen molar-refractivity contribution in [1.82, 2.24) is 9.97 Å². The number of carbonyl (C=O) groups excluding carboxylic acids is 2. The minimum absolute atomic E-state index is 0.0609. The van der Waals surface area contributed by atoms with Crippen LogP contribution < -0.4 is 4.90 Å². The topological polar surface area (TPSA) is 63.2 Å². The first kappa shape index (κ1) is 11.5. The number of amides is 1. The molecular formula is C9H7BrClN3O2. The molecule has 16 heavy (non-hydrogen) atoms. The Hall–Kier alpha value is -1.01. The molecule has 7 heteroatoms. The Morgan fingerprint density at radius 3 is 2.88 bits per heavy atom. The summed E-state index contributed by atoms with van der Waals surface area (Å²) in [6, 6.07) is 0. The number of alkyl halides is 1. The van der Waals surface area contributed by atoms with Gasteiger partial charge in [0.2, 0.25) is 5.91 Å². The van der Waals surface area contributed by atoms with Gasteiger partial charge < -0.3 is 0 Å². The van der Waals surface area contributed by atoms with E-state index >= 15 is 0 Å². The molecule has 0 aliphatic carbocycles. The lowest BCUT2D eigenvalue weighted by atomic mass is 10.3. The molecule has 1 aliphatic heterocycles. The number of rotatable bonds is 2. The van der Waals surface area contributed by atoms with Crippen molar-refractivity contribution in [3.8, 4) is 0 Å². The van der Waals surface area contributed by atoms with Gasteiger partial charge in [-0.1, -0.05) is 27.5 Å². The number of halogens is 2. The third-order valence-corrected chi connectivity index (χ3v) is 3.18. The van der Waals surface area contributed by atoms with Gasteiger partial charge in [0.1, 0.15) is 11.5 Å². The molecule has 0 aromatic carbocycles. The second-order valence-corrected chi connectivity index (χ2v) is 4.98. The summed E-state index contributed by atoms with van der Waals surface area (Å²) in [5, 5.41) is 0.0609. The molecular weight excluding hydrogens is 297 g/mol. The van der Waals surface area contributed by atoms with Crippen molar-refractivity contribution in [3.05, 3.63) is 17.0 Å². The van der Waals surface area contributed by atoms with Crippen LogP contribution in [0.2, 0.25) is 5.15 Å². The van der Waals surface area contributed by atoms with Crippen molar-refractivity contribution < 1.29 is 9.59 Å². The van der Waals surface area contributed by atoms with E-state index in [0.29, 0.717) is 19.3 Å². The zero-order valence-corrected chi connectivity index (χ0v) is 10.4. The summed E-state index contributed by atoms with van der Waals surface area (Å²) in [7, 11) is 0. The number of carbonyl (C=O) groups is 2. The van der Waals surface area contributed by atoms with Gasteiger partial charge in [-0.25, -0.2) is 9.97 Å². The van der Waals surface area contributed by atoms with E-state index in [-0.39, 0.29) is 27.3 Å². The van der Waals surface area contributed by atoms with Gasteiger partial charge in [0.25, 0.3) is 0 Å². The monoisotopic (exact) mass is 303 g/mol. The third kappa shape index (κ3) is 1.94. The van der Waals surface area contributed by atoms with Gasteiger partial charge >= 0.3 is 0 Å². The molecule has 2 rings (SSSR count). The Morgan fingerprint density at radius 1 is 1.56 bits per heavy atom. The summed E-state index contributed by atoms with van der Waals surface area (Å²) in [6.07, 6.45) is 2.19. The zero-order valence-electron chi connectivity index (χ0n) is 8.06. The van der Waals surface area contributed by atoms with E-state index in [4.69, 9.17) is 11.6 Å². The van der Waals surface area contributed by atoms with Gasteiger partial charge in [0, 0.05) is 17.8 Å². The fourth-order valence-electron chi connectivity index (χ4n) is 1.55. The second-order valence-electron chi connectivity index (χ2n) is 3.33. The summed E-state index contributed by atoms with van der Waals surface area (Å²) in [5.41, 5.74) is 0.152. The molecule has 1 aliphatic rings. The number of aromatic nitrogens is 2. The van der Waals surface area contributed by atoms with Gasteiger partial charge in [-0.3, -0.25) is 14.5 Å². The molecule has 84 valence electrons. The number of hydrogen-bond acceptors (Lipinski definition) is 4. The van der Waals surface area contributed by atoms with Gasteiger partial charge in [0.05, 0.1) is 5.56 Å². The number of aldehydes is 1. The summed E-state index contributed by atoms with van der Waals surface area (Å²) in [4.78, 5) is 31.7. The predicted molar refractivity (Wildman–Crippen MR) is 62.1 cm³/mol. The lowest BCUT2D eigenvalue weighted by molar-refractivity contribution is -0.117. The van der Waals surface area contributed by atoms with Crippen LogP contribution in [0.5, 0.6) is 0 Å². The molecule has 1 fully saturated rings. The van der Waals surface area contributed by atoms with Gasteiger partial charge in [0.15, 0.2) is 12.1 Å². The normalized spacial score (nSPS) is 20.2. The predicted octanol–water partition coefficient (Wildman–Crippen LogP) is 1.44. The summed E-state index contributed by atoms with van der Waals surface area (Å²) >= 11 is 9.11. The van der Waals surface area contributed by atoms with E-state index in [1.807, 2.05) is 0 Å². The molecule has 0 radical (unpaired) electrons. The fraction of sp³-hybridized carbons (Fsp3) is 0.333. The maximum absolute atomic E-state index is 11.6. The van der Waals surface area contributed by atoms with Crippen LogP contribution in [-0.2, 0) is 4.79 Å². The third-order valence-electron chi connectivity index (χ3n) is 2.27. The van der Waals surface area contributed by atoms with Crippen LogP contribution in [0.1, 0.15) is 16.8 Å². The molecule has 0 saturated carbocycles. The molecule has 1 atom stereocenters. The van der Waals surface area contributed by atoms with Crippen LogP contribution in [-0.4, -0.2) is 33.5 Å². The van der Waals surface area contributed by atoms with Crippen molar-refractivity contribution >= 4 is 45.5 Å². The van der Waals surface area contributed by atoms with E-state index in [9.17, 15) is 9.59 Å². The maximum Gasteiger partial charge on any atom is 0.229 e. The molecule has 1 saturated heterocycles. The van der Waals surface area contributed by atoms with Crippen molar-refractivity contribution in [3.63, 3.8) is 0 Å². The number of hydrogen-bond donors (Lipinski definition) is 0. The van der Waals surface area contributed by atoms with Crippen LogP contribution in [0.4, 0.5) is 5.82 Å². The first-order valence-corrected chi connectivity index (χ1v) is 5.83. The van der Waals surface area contributed by atoms with E-state index in [2.05, 4.69) is 25.9 Å². The van der Waals surface area contributed by atoms with Crippen molar-refractivity contribution in [2.75, 3.05) is 11.4 Å². The lowest BCUT2D eigenvalue weighted by Gasteiger charge is -2.16. The minimum atomic E-state index is -0.0836. The SMILES string of the molecule is O=Cc1c(Cl)ncnc1N1CC(Br)CC1=O. The van der Waals surface area contributed by atoms with E-state index in [1.54, 1.807) is 0 Å². The summed E-state index contributed by atoms with van der Waals surface area (Å²) in [5.74, 6) is 0.196. The minimum Gasteiger partial charge on any atom is -0.298 e. The molecule has 0 N–H and O–H groups in total. The van der Waals surface area contributed by atoms with Gasteiger partial charge in [-0.05, 0) is 0 Å². The molecule has 5 nitrogen and oxygen atoms in total. The van der Waals surface area contributed by atoms with Crippen LogP contribution in [0.25, 0.3) is 0 Å². The molecule has 1 aromatic heterocycles. The Labute approximate surface area is 105 Å². The summed E-state index contributed by atoms with van der Waals surface area (Å²) < 4.78 is 0. The quantitative estimate of drug-likeness (QED) is 0.471. The van der Waals surface area contributed by atoms with Gasteiger partial charge in [-0.2, -0.15) is 0 Å². The number of nitrogens with zero attached hydrogens (tertiary/aromatic N) is 3. The number of anilines is 1. The van der Waals surface area contributed by atoms with Crippen LogP contribution in [0.3, 0.4) is 0 Å². The maximum atomic E-state index is 11.6. The van der Waals surface area contributed by atoms with Crippen molar-refractivity contribution in [2.45, 2.75) is 11.2 Å². The molecule has 0 bridgehead atoms. The Morgan fingerprint density at radius 2 is 2.31 bits per heavy atom. The smallest absolute Gasteiger partial charge is 0.229 e. The highest BCUT2D eigenvalue weighted by atomic mass is 79.9. The largest absolute Gasteiger partial charge is 0.298 e. The van der Waals surface area contributed by atoms with E-state index in [1.165, 1.54) is 11.2 Å².